The lowest BCUT2D eigenvalue weighted by atomic mass is 10.1. The van der Waals surface area contributed by atoms with E-state index in [-0.39, 0.29) is 5.91 Å². The predicted octanol–water partition coefficient (Wildman–Crippen LogP) is 1.83. The summed E-state index contributed by atoms with van der Waals surface area (Å²) in [5, 5.41) is 4.74. The van der Waals surface area contributed by atoms with Crippen molar-refractivity contribution in [3.63, 3.8) is 0 Å². The maximum Gasteiger partial charge on any atom is 0.272 e. The summed E-state index contributed by atoms with van der Waals surface area (Å²) in [5.41, 5.74) is 2.03. The molecule has 0 atom stereocenters. The number of pyridine rings is 1. The van der Waals surface area contributed by atoms with Crippen molar-refractivity contribution in [2.45, 2.75) is 0 Å². The van der Waals surface area contributed by atoms with Crippen LogP contribution in [0, 0.1) is 0 Å². The van der Waals surface area contributed by atoms with Crippen molar-refractivity contribution in [3.05, 3.63) is 41.8 Å². The molecule has 0 unspecified atom stereocenters. The van der Waals surface area contributed by atoms with Crippen LogP contribution in [0.5, 0.6) is 0 Å². The highest BCUT2D eigenvalue weighted by molar-refractivity contribution is 7.15. The minimum absolute atomic E-state index is 0.207. The number of carbonyl (C=O) groups is 1. The molecule has 0 aliphatic rings. The van der Waals surface area contributed by atoms with Gasteiger partial charge < -0.3 is 10.1 Å². The summed E-state index contributed by atoms with van der Waals surface area (Å²) in [5.74, 6) is -0.207. The number of nitrogens with one attached hydrogen (secondary N) is 1. The summed E-state index contributed by atoms with van der Waals surface area (Å²) >= 11 is 1.49. The Bertz CT molecular complexity index is 751. The quantitative estimate of drug-likeness (QED) is 0.730. The maximum atomic E-state index is 12.3. The molecule has 108 valence electrons. The normalized spacial score (nSPS) is 10.9. The molecule has 0 spiro atoms. The van der Waals surface area contributed by atoms with Gasteiger partial charge in [-0.1, -0.05) is 0 Å². The smallest absolute Gasteiger partial charge is 0.272 e. The van der Waals surface area contributed by atoms with Gasteiger partial charge in [-0.15, -0.1) is 11.3 Å². The van der Waals surface area contributed by atoms with Crippen LogP contribution in [0.2, 0.25) is 0 Å². The summed E-state index contributed by atoms with van der Waals surface area (Å²) in [7, 11) is 1.60. The molecule has 3 aromatic rings. The van der Waals surface area contributed by atoms with E-state index in [0.29, 0.717) is 18.8 Å². The highest BCUT2D eigenvalue weighted by Crippen LogP contribution is 2.26. The largest absolute Gasteiger partial charge is 0.383 e. The number of imidazole rings is 1. The molecule has 6 nitrogen and oxygen atoms in total. The average Bonchev–Trinajstić information content (AvgIpc) is 3.08. The van der Waals surface area contributed by atoms with E-state index in [1.807, 2.05) is 28.1 Å². The van der Waals surface area contributed by atoms with Crippen molar-refractivity contribution in [1.82, 2.24) is 19.7 Å². The van der Waals surface area contributed by atoms with Crippen molar-refractivity contribution in [2.24, 2.45) is 0 Å². The van der Waals surface area contributed by atoms with Gasteiger partial charge in [-0.3, -0.25) is 14.2 Å². The molecule has 0 bridgehead atoms. The number of amides is 1. The van der Waals surface area contributed by atoms with Gasteiger partial charge in [-0.2, -0.15) is 0 Å². The number of carbonyl (C=O) groups excluding carboxylic acids is 1. The molecule has 0 aromatic carbocycles. The van der Waals surface area contributed by atoms with Gasteiger partial charge in [0.2, 0.25) is 0 Å². The molecule has 21 heavy (non-hydrogen) atoms. The van der Waals surface area contributed by atoms with Crippen molar-refractivity contribution >= 4 is 22.2 Å². The van der Waals surface area contributed by atoms with Gasteiger partial charge in [-0.25, -0.2) is 4.98 Å². The number of methoxy groups -OCH3 is 1. The number of rotatable bonds is 5. The van der Waals surface area contributed by atoms with Gasteiger partial charge >= 0.3 is 0 Å². The third-order valence-corrected chi connectivity index (χ3v) is 3.76. The van der Waals surface area contributed by atoms with E-state index in [1.54, 1.807) is 19.5 Å². The first kappa shape index (κ1) is 13.7. The van der Waals surface area contributed by atoms with Crippen LogP contribution in [-0.4, -0.2) is 40.5 Å². The second-order valence-corrected chi connectivity index (χ2v) is 5.23. The Hall–Kier alpha value is -2.25. The zero-order chi connectivity index (χ0) is 14.7. The number of hydrogen-bond acceptors (Lipinski definition) is 5. The van der Waals surface area contributed by atoms with Crippen LogP contribution in [0.25, 0.3) is 16.2 Å². The summed E-state index contributed by atoms with van der Waals surface area (Å²) in [6.45, 7) is 0.920. The van der Waals surface area contributed by atoms with Crippen molar-refractivity contribution in [3.8, 4) is 11.3 Å². The molecular weight excluding hydrogens is 288 g/mol. The standard InChI is InChI=1S/C14H14N4O2S/c1-20-7-5-16-13(19)11-12(10-3-2-4-15-9-10)18-6-8-21-14(18)17-11/h2-4,6,8-9H,5,7H2,1H3,(H,16,19). The van der Waals surface area contributed by atoms with Crippen LogP contribution in [0.3, 0.4) is 0 Å². The van der Waals surface area contributed by atoms with E-state index in [4.69, 9.17) is 4.74 Å². The number of ether oxygens (including phenoxy) is 1. The first-order valence-corrected chi connectivity index (χ1v) is 7.32. The van der Waals surface area contributed by atoms with Gasteiger partial charge in [0.1, 0.15) is 0 Å². The van der Waals surface area contributed by atoms with E-state index in [1.165, 1.54) is 11.3 Å². The Balaban J connectivity index is 2.02. The topological polar surface area (TPSA) is 68.5 Å². The number of nitrogens with zero attached hydrogens (tertiary/aromatic N) is 3. The molecule has 0 fully saturated rings. The molecule has 0 radical (unpaired) electrons. The van der Waals surface area contributed by atoms with Crippen LogP contribution < -0.4 is 5.32 Å². The molecule has 1 amide bonds. The van der Waals surface area contributed by atoms with E-state index < -0.39 is 0 Å². The predicted molar refractivity (Wildman–Crippen MR) is 80.5 cm³/mol. The lowest BCUT2D eigenvalue weighted by Crippen LogP contribution is -2.27. The molecule has 3 aromatic heterocycles. The SMILES string of the molecule is COCCNC(=O)c1nc2sccn2c1-c1cccnc1. The monoisotopic (exact) mass is 302 g/mol. The highest BCUT2D eigenvalue weighted by atomic mass is 32.1. The number of fused-ring (bicyclic) bond motifs is 1. The number of thiazole rings is 1. The molecular formula is C14H14N4O2S. The summed E-state index contributed by atoms with van der Waals surface area (Å²) in [6.07, 6.45) is 5.34. The fourth-order valence-corrected chi connectivity index (χ4v) is 2.79. The molecule has 7 heteroatoms. The molecule has 0 saturated heterocycles. The van der Waals surface area contributed by atoms with Crippen molar-refractivity contribution in [2.75, 3.05) is 20.3 Å². The summed E-state index contributed by atoms with van der Waals surface area (Å²) in [4.78, 5) is 21.7. The Morgan fingerprint density at radius 1 is 1.52 bits per heavy atom. The fourth-order valence-electron chi connectivity index (χ4n) is 2.07. The molecule has 3 heterocycles. The highest BCUT2D eigenvalue weighted by Gasteiger charge is 2.20. The van der Waals surface area contributed by atoms with E-state index in [9.17, 15) is 4.79 Å². The second-order valence-electron chi connectivity index (χ2n) is 4.35. The van der Waals surface area contributed by atoms with Gasteiger partial charge in [0.05, 0.1) is 12.3 Å². The molecule has 3 rings (SSSR count). The van der Waals surface area contributed by atoms with Crippen LogP contribution >= 0.6 is 11.3 Å². The molecule has 0 aliphatic carbocycles. The third-order valence-electron chi connectivity index (χ3n) is 3.00. The van der Waals surface area contributed by atoms with Crippen molar-refractivity contribution < 1.29 is 9.53 Å². The minimum Gasteiger partial charge on any atom is -0.383 e. The summed E-state index contributed by atoms with van der Waals surface area (Å²) in [6, 6.07) is 3.76. The van der Waals surface area contributed by atoms with Crippen LogP contribution in [0.4, 0.5) is 0 Å². The average molecular weight is 302 g/mol. The first-order chi connectivity index (χ1) is 10.3. The van der Waals surface area contributed by atoms with Crippen LogP contribution in [-0.2, 0) is 4.74 Å². The van der Waals surface area contributed by atoms with Gasteiger partial charge in [0, 0.05) is 43.2 Å². The lowest BCUT2D eigenvalue weighted by Gasteiger charge is -2.05. The van der Waals surface area contributed by atoms with Gasteiger partial charge in [0.25, 0.3) is 5.91 Å². The Kier molecular flexibility index (Phi) is 3.94. The zero-order valence-corrected chi connectivity index (χ0v) is 12.3. The Morgan fingerprint density at radius 3 is 3.19 bits per heavy atom. The minimum atomic E-state index is -0.207. The van der Waals surface area contributed by atoms with Gasteiger partial charge in [0.15, 0.2) is 10.7 Å². The van der Waals surface area contributed by atoms with Crippen LogP contribution in [0.1, 0.15) is 10.5 Å². The molecule has 0 saturated carbocycles. The Labute approximate surface area is 125 Å². The third kappa shape index (κ3) is 2.65. The summed E-state index contributed by atoms with van der Waals surface area (Å²) < 4.78 is 6.85. The van der Waals surface area contributed by atoms with Crippen molar-refractivity contribution in [1.29, 1.82) is 0 Å². The van der Waals surface area contributed by atoms with Gasteiger partial charge in [-0.05, 0) is 12.1 Å². The van der Waals surface area contributed by atoms with E-state index >= 15 is 0 Å². The van der Waals surface area contributed by atoms with E-state index in [2.05, 4.69) is 15.3 Å². The molecule has 1 N–H and O–H groups in total. The maximum absolute atomic E-state index is 12.3. The Morgan fingerprint density at radius 2 is 2.43 bits per heavy atom. The second kappa shape index (κ2) is 6.02. The first-order valence-electron chi connectivity index (χ1n) is 6.44. The number of aromatic nitrogens is 3. The lowest BCUT2D eigenvalue weighted by molar-refractivity contribution is 0.0933. The zero-order valence-electron chi connectivity index (χ0n) is 11.4. The fraction of sp³-hybridized carbons (Fsp3) is 0.214. The number of hydrogen-bond donors (Lipinski definition) is 1. The van der Waals surface area contributed by atoms with Crippen LogP contribution in [0.15, 0.2) is 36.1 Å². The molecule has 0 aliphatic heterocycles. The van der Waals surface area contributed by atoms with E-state index in [0.717, 1.165) is 16.2 Å².